The summed E-state index contributed by atoms with van der Waals surface area (Å²) >= 11 is 1.32. The van der Waals surface area contributed by atoms with Gasteiger partial charge in [-0.1, -0.05) is 38.1 Å². The van der Waals surface area contributed by atoms with Crippen molar-refractivity contribution < 1.29 is 19.1 Å². The summed E-state index contributed by atoms with van der Waals surface area (Å²) in [5.74, 6) is -0.842. The third kappa shape index (κ3) is 5.38. The molecule has 0 spiro atoms. The summed E-state index contributed by atoms with van der Waals surface area (Å²) < 4.78 is 5.24. The van der Waals surface area contributed by atoms with E-state index in [1.165, 1.54) is 24.2 Å². The van der Waals surface area contributed by atoms with Crippen LogP contribution in [0, 0.1) is 0 Å². The Hall–Kier alpha value is -2.80. The van der Waals surface area contributed by atoms with Crippen LogP contribution in [-0.2, 0) is 19.1 Å². The molecule has 0 bridgehead atoms. The van der Waals surface area contributed by atoms with E-state index in [0.717, 1.165) is 10.6 Å². The van der Waals surface area contributed by atoms with Crippen LogP contribution in [0.15, 0.2) is 53.4 Å². The summed E-state index contributed by atoms with van der Waals surface area (Å²) in [4.78, 5) is 37.7. The van der Waals surface area contributed by atoms with Crippen molar-refractivity contribution >= 4 is 40.9 Å². The highest BCUT2D eigenvalue weighted by Crippen LogP contribution is 2.36. The van der Waals surface area contributed by atoms with Gasteiger partial charge in [0, 0.05) is 10.6 Å². The van der Waals surface area contributed by atoms with E-state index in [2.05, 4.69) is 24.5 Å². The third-order valence-corrected chi connectivity index (χ3v) is 5.86. The van der Waals surface area contributed by atoms with Crippen LogP contribution >= 0.6 is 11.8 Å². The lowest BCUT2D eigenvalue weighted by Crippen LogP contribution is -2.34. The number of para-hydroxylation sites is 1. The van der Waals surface area contributed by atoms with Gasteiger partial charge in [0.25, 0.3) is 5.91 Å². The molecule has 6 nitrogen and oxygen atoms in total. The van der Waals surface area contributed by atoms with Gasteiger partial charge in [-0.2, -0.15) is 0 Å². The van der Waals surface area contributed by atoms with Crippen molar-refractivity contribution in [1.82, 2.24) is 0 Å². The number of thioether (sulfide) groups is 1. The molecule has 3 rings (SSSR count). The molecule has 2 N–H and O–H groups in total. The maximum Gasteiger partial charge on any atom is 0.308 e. The fraction of sp³-hybridized carbons (Fsp3) is 0.318. The second kappa shape index (κ2) is 9.13. The van der Waals surface area contributed by atoms with E-state index in [4.69, 9.17) is 4.74 Å². The molecular weight excluding hydrogens is 388 g/mol. The predicted molar refractivity (Wildman–Crippen MR) is 114 cm³/mol. The lowest BCUT2D eigenvalue weighted by atomic mass is 10.0. The van der Waals surface area contributed by atoms with Crippen LogP contribution in [0.25, 0.3) is 0 Å². The number of carbonyl (C=O) groups is 3. The first kappa shape index (κ1) is 20.9. The van der Waals surface area contributed by atoms with Gasteiger partial charge in [0.2, 0.25) is 5.91 Å². The Morgan fingerprint density at radius 2 is 1.79 bits per heavy atom. The molecule has 1 heterocycles. The fourth-order valence-corrected chi connectivity index (χ4v) is 3.97. The number of nitrogens with one attached hydrogen (secondary N) is 2. The summed E-state index contributed by atoms with van der Waals surface area (Å²) in [6, 6.07) is 15.0. The fourth-order valence-electron chi connectivity index (χ4n) is 2.87. The van der Waals surface area contributed by atoms with E-state index in [1.54, 1.807) is 0 Å². The van der Waals surface area contributed by atoms with Crippen LogP contribution in [0.2, 0.25) is 0 Å². The first-order valence-electron chi connectivity index (χ1n) is 9.50. The van der Waals surface area contributed by atoms with Crippen molar-refractivity contribution in [3.05, 3.63) is 54.1 Å². The first-order chi connectivity index (χ1) is 13.8. The minimum Gasteiger partial charge on any atom is -0.452 e. The number of rotatable bonds is 6. The van der Waals surface area contributed by atoms with Gasteiger partial charge in [0.1, 0.15) is 0 Å². The zero-order valence-electron chi connectivity index (χ0n) is 16.6. The second-order valence-electron chi connectivity index (χ2n) is 7.19. The largest absolute Gasteiger partial charge is 0.452 e. The number of esters is 1. The third-order valence-electron chi connectivity index (χ3n) is 4.58. The first-order valence-corrected chi connectivity index (χ1v) is 10.4. The Labute approximate surface area is 174 Å². The number of amides is 2. The molecule has 0 aromatic heterocycles. The molecular formula is C22H24N2O4S. The van der Waals surface area contributed by atoms with E-state index in [1.807, 2.05) is 48.5 Å². The number of benzene rings is 2. The monoisotopic (exact) mass is 412 g/mol. The molecule has 2 amide bonds. The maximum atomic E-state index is 12.3. The van der Waals surface area contributed by atoms with Crippen molar-refractivity contribution in [2.24, 2.45) is 0 Å². The number of ether oxygens (including phenoxy) is 1. The molecule has 1 aliphatic heterocycles. The molecule has 0 fully saturated rings. The smallest absolute Gasteiger partial charge is 0.308 e. The lowest BCUT2D eigenvalue weighted by molar-refractivity contribution is -0.153. The number of hydrogen-bond acceptors (Lipinski definition) is 5. The summed E-state index contributed by atoms with van der Waals surface area (Å²) in [7, 11) is 0. The molecule has 2 atom stereocenters. The van der Waals surface area contributed by atoms with Gasteiger partial charge >= 0.3 is 5.97 Å². The molecule has 1 aliphatic rings. The number of carbonyl (C=O) groups excluding carboxylic acids is 3. The SMILES string of the molecule is CC(C)c1ccc(NC(=O)[C@@H](C)OC(=O)C[C@H]2Sc3ccccc3NC2=O)cc1. The van der Waals surface area contributed by atoms with Gasteiger partial charge in [0.05, 0.1) is 17.4 Å². The molecule has 152 valence electrons. The Bertz CT molecular complexity index is 911. The molecule has 0 saturated carbocycles. The van der Waals surface area contributed by atoms with Crippen LogP contribution in [0.4, 0.5) is 11.4 Å². The summed E-state index contributed by atoms with van der Waals surface area (Å²) in [6.07, 6.45) is -1.07. The number of anilines is 2. The van der Waals surface area contributed by atoms with Gasteiger partial charge < -0.3 is 15.4 Å². The highest BCUT2D eigenvalue weighted by molar-refractivity contribution is 8.01. The summed E-state index contributed by atoms with van der Waals surface area (Å²) in [6.45, 7) is 5.70. The number of fused-ring (bicyclic) bond motifs is 1. The van der Waals surface area contributed by atoms with Gasteiger partial charge in [-0.25, -0.2) is 0 Å². The molecule has 2 aromatic carbocycles. The lowest BCUT2D eigenvalue weighted by Gasteiger charge is -2.23. The van der Waals surface area contributed by atoms with E-state index >= 15 is 0 Å². The molecule has 0 aliphatic carbocycles. The average molecular weight is 413 g/mol. The normalized spacial score (nSPS) is 16.6. The maximum absolute atomic E-state index is 12.3. The molecule has 0 saturated heterocycles. The zero-order valence-corrected chi connectivity index (χ0v) is 17.4. The Balaban J connectivity index is 1.52. The van der Waals surface area contributed by atoms with Crippen LogP contribution < -0.4 is 10.6 Å². The van der Waals surface area contributed by atoms with E-state index in [9.17, 15) is 14.4 Å². The molecule has 29 heavy (non-hydrogen) atoms. The Morgan fingerprint density at radius 3 is 2.48 bits per heavy atom. The highest BCUT2D eigenvalue weighted by Gasteiger charge is 2.30. The zero-order chi connectivity index (χ0) is 21.0. The summed E-state index contributed by atoms with van der Waals surface area (Å²) in [5.41, 5.74) is 2.55. The van der Waals surface area contributed by atoms with Crippen LogP contribution in [-0.4, -0.2) is 29.1 Å². The highest BCUT2D eigenvalue weighted by atomic mass is 32.2. The standard InChI is InChI=1S/C22H24N2O4S/c1-13(2)15-8-10-16(11-9-15)23-21(26)14(3)28-20(25)12-19-22(27)24-17-6-4-5-7-18(17)29-19/h4-11,13-14,19H,12H2,1-3H3,(H,23,26)(H,24,27)/t14-,19-/m1/s1. The Morgan fingerprint density at radius 1 is 1.10 bits per heavy atom. The molecule has 7 heteroatoms. The van der Waals surface area contributed by atoms with Gasteiger partial charge in [-0.15, -0.1) is 11.8 Å². The van der Waals surface area contributed by atoms with E-state index in [0.29, 0.717) is 11.6 Å². The van der Waals surface area contributed by atoms with Crippen LogP contribution in [0.5, 0.6) is 0 Å². The van der Waals surface area contributed by atoms with Gasteiger partial charge in [0.15, 0.2) is 6.10 Å². The Kier molecular flexibility index (Phi) is 6.59. The predicted octanol–water partition coefficient (Wildman–Crippen LogP) is 4.18. The van der Waals surface area contributed by atoms with Crippen molar-refractivity contribution in [3.63, 3.8) is 0 Å². The van der Waals surface area contributed by atoms with Crippen molar-refractivity contribution in [3.8, 4) is 0 Å². The minimum absolute atomic E-state index is 0.106. The second-order valence-corrected chi connectivity index (χ2v) is 8.44. The van der Waals surface area contributed by atoms with E-state index in [-0.39, 0.29) is 12.3 Å². The van der Waals surface area contributed by atoms with Gasteiger partial charge in [-0.3, -0.25) is 14.4 Å². The van der Waals surface area contributed by atoms with Gasteiger partial charge in [-0.05, 0) is 42.7 Å². The topological polar surface area (TPSA) is 84.5 Å². The van der Waals surface area contributed by atoms with Crippen molar-refractivity contribution in [2.45, 2.75) is 49.4 Å². The van der Waals surface area contributed by atoms with E-state index < -0.39 is 23.2 Å². The molecule has 2 aromatic rings. The number of hydrogen-bond donors (Lipinski definition) is 2. The minimum atomic E-state index is -0.962. The van der Waals surface area contributed by atoms with Crippen molar-refractivity contribution in [2.75, 3.05) is 10.6 Å². The average Bonchev–Trinajstić information content (AvgIpc) is 2.68. The quantitative estimate of drug-likeness (QED) is 0.695. The van der Waals surface area contributed by atoms with Crippen molar-refractivity contribution in [1.29, 1.82) is 0 Å². The molecule has 0 unspecified atom stereocenters. The van der Waals surface area contributed by atoms with Crippen LogP contribution in [0.1, 0.15) is 38.7 Å². The van der Waals surface area contributed by atoms with Crippen LogP contribution in [0.3, 0.4) is 0 Å². The summed E-state index contributed by atoms with van der Waals surface area (Å²) in [5, 5.41) is 4.94. The molecule has 0 radical (unpaired) electrons.